The van der Waals surface area contributed by atoms with Gasteiger partial charge in [0.05, 0.1) is 18.3 Å². The van der Waals surface area contributed by atoms with Gasteiger partial charge in [-0.3, -0.25) is 9.78 Å². The summed E-state index contributed by atoms with van der Waals surface area (Å²) in [6, 6.07) is 3.58. The fourth-order valence-electron chi connectivity index (χ4n) is 2.97. The maximum atomic E-state index is 12.9. The average molecular weight is 337 g/mol. The van der Waals surface area contributed by atoms with Crippen LogP contribution in [0.15, 0.2) is 48.2 Å². The molecule has 0 radical (unpaired) electrons. The zero-order valence-corrected chi connectivity index (χ0v) is 15.0. The van der Waals surface area contributed by atoms with Crippen LogP contribution in [0.1, 0.15) is 44.5 Å². The topological polar surface area (TPSA) is 66.2 Å². The molecule has 1 aliphatic heterocycles. The van der Waals surface area contributed by atoms with E-state index in [9.17, 15) is 4.79 Å². The summed E-state index contributed by atoms with van der Waals surface area (Å²) in [4.78, 5) is 19.0. The largest absolute Gasteiger partial charge is 0.492 e. The van der Waals surface area contributed by atoms with Gasteiger partial charge >= 0.3 is 0 Å². The van der Waals surface area contributed by atoms with Crippen molar-refractivity contribution in [3.8, 4) is 11.8 Å². The number of rotatable bonds is 6. The number of allylic oxidation sites excluding steroid dienone is 1. The maximum Gasteiger partial charge on any atom is 0.254 e. The van der Waals surface area contributed by atoms with Gasteiger partial charge in [0.15, 0.2) is 0 Å². The molecule has 0 saturated heterocycles. The molecule has 1 amide bonds. The molecule has 1 aromatic rings. The van der Waals surface area contributed by atoms with Crippen LogP contribution >= 0.6 is 0 Å². The van der Waals surface area contributed by atoms with Crippen LogP contribution in [0, 0.1) is 11.3 Å². The molecule has 1 atom stereocenters. The van der Waals surface area contributed by atoms with Gasteiger partial charge in [0.1, 0.15) is 17.4 Å². The third-order valence-electron chi connectivity index (χ3n) is 4.34. The van der Waals surface area contributed by atoms with Gasteiger partial charge in [-0.05, 0) is 32.8 Å². The number of hydrogen-bond donors (Lipinski definition) is 0. The summed E-state index contributed by atoms with van der Waals surface area (Å²) >= 11 is 0. The quantitative estimate of drug-likeness (QED) is 0.794. The van der Waals surface area contributed by atoms with Gasteiger partial charge in [0, 0.05) is 24.4 Å². The zero-order valence-electron chi connectivity index (χ0n) is 15.0. The normalized spacial score (nSPS) is 15.6. The fraction of sp³-hybridized carbons (Fsp3) is 0.350. The van der Waals surface area contributed by atoms with Crippen molar-refractivity contribution >= 4 is 5.91 Å². The van der Waals surface area contributed by atoms with Crippen molar-refractivity contribution in [1.29, 1.82) is 5.26 Å². The zero-order chi connectivity index (χ0) is 18.6. The molecule has 130 valence electrons. The summed E-state index contributed by atoms with van der Waals surface area (Å²) in [5.41, 5.74) is 3.54. The Hall–Kier alpha value is -2.87. The molecule has 0 spiro atoms. The van der Waals surface area contributed by atoms with Crippen LogP contribution in [-0.4, -0.2) is 28.9 Å². The Balaban J connectivity index is 2.36. The highest BCUT2D eigenvalue weighted by molar-refractivity contribution is 5.98. The maximum absolute atomic E-state index is 12.9. The van der Waals surface area contributed by atoms with E-state index in [1.165, 1.54) is 6.20 Å². The van der Waals surface area contributed by atoms with Gasteiger partial charge < -0.3 is 9.64 Å². The van der Waals surface area contributed by atoms with Crippen LogP contribution in [0.2, 0.25) is 0 Å². The Bertz CT molecular complexity index is 787. The summed E-state index contributed by atoms with van der Waals surface area (Å²) in [7, 11) is 0. The number of pyridine rings is 1. The minimum Gasteiger partial charge on any atom is -0.492 e. The Morgan fingerprint density at radius 1 is 1.60 bits per heavy atom. The predicted octanol–water partition coefficient (Wildman–Crippen LogP) is 3.70. The Morgan fingerprint density at radius 3 is 2.88 bits per heavy atom. The Morgan fingerprint density at radius 2 is 2.32 bits per heavy atom. The molecule has 1 aromatic heterocycles. The van der Waals surface area contributed by atoms with Crippen molar-refractivity contribution in [2.24, 2.45) is 0 Å². The lowest BCUT2D eigenvalue weighted by Crippen LogP contribution is -2.39. The molecule has 2 heterocycles. The van der Waals surface area contributed by atoms with Gasteiger partial charge in [-0.2, -0.15) is 5.26 Å². The molecule has 25 heavy (non-hydrogen) atoms. The molecule has 0 fully saturated rings. The summed E-state index contributed by atoms with van der Waals surface area (Å²) < 4.78 is 5.52. The van der Waals surface area contributed by atoms with Crippen molar-refractivity contribution in [3.63, 3.8) is 0 Å². The van der Waals surface area contributed by atoms with Crippen molar-refractivity contribution in [3.05, 3.63) is 59.5 Å². The first-order valence-electron chi connectivity index (χ1n) is 8.29. The van der Waals surface area contributed by atoms with E-state index in [1.54, 1.807) is 17.0 Å². The van der Waals surface area contributed by atoms with Gasteiger partial charge in [-0.15, -0.1) is 0 Å². The number of ether oxygens (including phenoxy) is 1. The van der Waals surface area contributed by atoms with E-state index in [0.717, 1.165) is 17.6 Å². The number of hydrogen-bond acceptors (Lipinski definition) is 4. The summed E-state index contributed by atoms with van der Waals surface area (Å²) in [6.07, 6.45) is 3.83. The van der Waals surface area contributed by atoms with E-state index >= 15 is 0 Å². The summed E-state index contributed by atoms with van der Waals surface area (Å²) in [6.45, 7) is 14.5. The first-order valence-corrected chi connectivity index (χ1v) is 8.29. The van der Waals surface area contributed by atoms with Crippen molar-refractivity contribution in [2.45, 2.75) is 33.2 Å². The molecule has 0 aliphatic carbocycles. The van der Waals surface area contributed by atoms with Gasteiger partial charge in [-0.25, -0.2) is 0 Å². The van der Waals surface area contributed by atoms with E-state index in [1.807, 2.05) is 20.8 Å². The molecule has 0 aromatic carbocycles. The smallest absolute Gasteiger partial charge is 0.254 e. The summed E-state index contributed by atoms with van der Waals surface area (Å²) in [5.74, 6) is 0.421. The number of amides is 1. The van der Waals surface area contributed by atoms with Crippen LogP contribution < -0.4 is 4.74 Å². The number of aromatic nitrogens is 1. The van der Waals surface area contributed by atoms with Gasteiger partial charge in [0.25, 0.3) is 5.91 Å². The highest BCUT2D eigenvalue weighted by atomic mass is 16.5. The summed E-state index contributed by atoms with van der Waals surface area (Å²) in [5, 5.41) is 9.15. The lowest BCUT2D eigenvalue weighted by atomic mass is 9.93. The van der Waals surface area contributed by atoms with Crippen LogP contribution in [0.25, 0.3) is 0 Å². The number of carbonyl (C=O) groups is 1. The molecule has 0 saturated carbocycles. The number of nitriles is 1. The molecule has 1 aliphatic rings. The molecule has 5 nitrogen and oxygen atoms in total. The second-order valence-corrected chi connectivity index (χ2v) is 5.95. The lowest BCUT2D eigenvalue weighted by molar-refractivity contribution is -0.129. The van der Waals surface area contributed by atoms with Crippen molar-refractivity contribution in [1.82, 2.24) is 9.88 Å². The second-order valence-electron chi connectivity index (χ2n) is 5.95. The third kappa shape index (κ3) is 3.63. The van der Waals surface area contributed by atoms with E-state index in [2.05, 4.69) is 24.2 Å². The highest BCUT2D eigenvalue weighted by Crippen LogP contribution is 2.31. The first-order chi connectivity index (χ1) is 11.9. The lowest BCUT2D eigenvalue weighted by Gasteiger charge is -2.34. The molecule has 0 bridgehead atoms. The second kappa shape index (κ2) is 7.80. The minimum absolute atomic E-state index is 0.0733. The highest BCUT2D eigenvalue weighted by Gasteiger charge is 2.30. The average Bonchev–Trinajstić information content (AvgIpc) is 2.60. The van der Waals surface area contributed by atoms with E-state index in [0.29, 0.717) is 35.7 Å². The Labute approximate surface area is 148 Å². The Kier molecular flexibility index (Phi) is 5.76. The standard InChI is InChI=1S/C20H23N3O2/c1-6-16-17(13(3)4)8-9-23(20(16)24)14(5)18-10-19(25-7-2)15(11-21)12-22-18/h6,10,12,14H,1,3,7-9H2,2,4-5H3. The van der Waals surface area contributed by atoms with E-state index < -0.39 is 0 Å². The molecular weight excluding hydrogens is 314 g/mol. The van der Waals surface area contributed by atoms with E-state index in [-0.39, 0.29) is 11.9 Å². The first kappa shape index (κ1) is 18.5. The van der Waals surface area contributed by atoms with Crippen LogP contribution in [0.5, 0.6) is 5.75 Å². The van der Waals surface area contributed by atoms with E-state index in [4.69, 9.17) is 10.00 Å². The van der Waals surface area contributed by atoms with Crippen LogP contribution in [0.4, 0.5) is 0 Å². The number of carbonyl (C=O) groups excluding carboxylic acids is 1. The molecule has 1 unspecified atom stereocenters. The van der Waals surface area contributed by atoms with Crippen molar-refractivity contribution < 1.29 is 9.53 Å². The molecular formula is C20H23N3O2. The van der Waals surface area contributed by atoms with Gasteiger partial charge in [0.2, 0.25) is 0 Å². The predicted molar refractivity (Wildman–Crippen MR) is 96.9 cm³/mol. The molecule has 5 heteroatoms. The number of nitrogens with zero attached hydrogens (tertiary/aromatic N) is 3. The third-order valence-corrected chi connectivity index (χ3v) is 4.34. The minimum atomic E-state index is -0.235. The SMILES string of the molecule is C=CC1=C(C(=C)C)CCN(C(C)c2cc(OCC)c(C#N)cn2)C1=O. The van der Waals surface area contributed by atoms with Crippen LogP contribution in [0.3, 0.4) is 0 Å². The van der Waals surface area contributed by atoms with Gasteiger partial charge in [-0.1, -0.05) is 24.8 Å². The van der Waals surface area contributed by atoms with Crippen LogP contribution in [-0.2, 0) is 4.79 Å². The monoisotopic (exact) mass is 337 g/mol. The fourth-order valence-corrected chi connectivity index (χ4v) is 2.97. The van der Waals surface area contributed by atoms with Crippen molar-refractivity contribution in [2.75, 3.05) is 13.2 Å². The molecule has 2 rings (SSSR count). The molecule has 0 N–H and O–H groups in total.